The number of amides is 1. The summed E-state index contributed by atoms with van der Waals surface area (Å²) in [4.78, 5) is 21.6. The van der Waals surface area contributed by atoms with Gasteiger partial charge in [-0.15, -0.1) is 0 Å². The van der Waals surface area contributed by atoms with E-state index in [2.05, 4.69) is 29.1 Å². The van der Waals surface area contributed by atoms with Gasteiger partial charge >= 0.3 is 0 Å². The van der Waals surface area contributed by atoms with Gasteiger partial charge < -0.3 is 4.90 Å². The summed E-state index contributed by atoms with van der Waals surface area (Å²) in [6.07, 6.45) is 7.39. The largest absolute Gasteiger partial charge is 0.338 e. The van der Waals surface area contributed by atoms with Gasteiger partial charge in [0.15, 0.2) is 0 Å². The van der Waals surface area contributed by atoms with Crippen LogP contribution in [0.1, 0.15) is 35.2 Å². The fourth-order valence-electron chi connectivity index (χ4n) is 4.85. The van der Waals surface area contributed by atoms with Crippen molar-refractivity contribution >= 4 is 17.5 Å². The highest BCUT2D eigenvalue weighted by Gasteiger charge is 2.43. The van der Waals surface area contributed by atoms with Gasteiger partial charge in [0.1, 0.15) is 0 Å². The van der Waals surface area contributed by atoms with Gasteiger partial charge in [-0.3, -0.25) is 14.7 Å². The number of likely N-dealkylation sites (tertiary alicyclic amines) is 1. The molecule has 4 nitrogen and oxygen atoms in total. The molecule has 0 radical (unpaired) electrons. The second kappa shape index (κ2) is 7.99. The third-order valence-electron chi connectivity index (χ3n) is 6.17. The number of hydrogen-bond acceptors (Lipinski definition) is 3. The lowest BCUT2D eigenvalue weighted by atomic mass is 9.77. The van der Waals surface area contributed by atoms with E-state index in [1.165, 1.54) is 24.8 Å². The van der Waals surface area contributed by atoms with E-state index in [0.717, 1.165) is 19.6 Å². The molecule has 1 aliphatic carbocycles. The number of hydrogen-bond donors (Lipinski definition) is 0. The highest BCUT2D eigenvalue weighted by atomic mass is 35.5. The second-order valence-electron chi connectivity index (χ2n) is 7.91. The van der Waals surface area contributed by atoms with Gasteiger partial charge in [0.05, 0.1) is 0 Å². The van der Waals surface area contributed by atoms with Crippen molar-refractivity contribution in [2.45, 2.75) is 31.8 Å². The minimum Gasteiger partial charge on any atom is -0.338 e. The van der Waals surface area contributed by atoms with E-state index in [0.29, 0.717) is 28.5 Å². The zero-order valence-electron chi connectivity index (χ0n) is 15.7. The SMILES string of the molecule is CN(Cc1ccncc1)C1CCCC2CN(C(=O)c3cccc(Cl)c3)CC21. The molecule has 4 rings (SSSR count). The number of fused-ring (bicyclic) bond motifs is 1. The monoisotopic (exact) mass is 383 g/mol. The van der Waals surface area contributed by atoms with Crippen LogP contribution in [0.25, 0.3) is 0 Å². The zero-order valence-corrected chi connectivity index (χ0v) is 16.5. The summed E-state index contributed by atoms with van der Waals surface area (Å²) < 4.78 is 0. The summed E-state index contributed by atoms with van der Waals surface area (Å²) in [6, 6.07) is 12.0. The van der Waals surface area contributed by atoms with Crippen LogP contribution in [0.3, 0.4) is 0 Å². The number of carbonyl (C=O) groups is 1. The third-order valence-corrected chi connectivity index (χ3v) is 6.40. The second-order valence-corrected chi connectivity index (χ2v) is 8.35. The average molecular weight is 384 g/mol. The first-order chi connectivity index (χ1) is 13.1. The fourth-order valence-corrected chi connectivity index (χ4v) is 5.04. The molecule has 5 heteroatoms. The summed E-state index contributed by atoms with van der Waals surface area (Å²) in [7, 11) is 2.22. The molecule has 142 valence electrons. The van der Waals surface area contributed by atoms with E-state index in [9.17, 15) is 4.79 Å². The van der Waals surface area contributed by atoms with Crippen molar-refractivity contribution in [1.29, 1.82) is 0 Å². The molecule has 2 heterocycles. The highest BCUT2D eigenvalue weighted by molar-refractivity contribution is 6.30. The Morgan fingerprint density at radius 1 is 1.22 bits per heavy atom. The molecule has 1 amide bonds. The van der Waals surface area contributed by atoms with Crippen LogP contribution < -0.4 is 0 Å². The molecular formula is C22H26ClN3O. The molecule has 1 saturated carbocycles. The Balaban J connectivity index is 1.46. The van der Waals surface area contributed by atoms with Crippen LogP contribution in [0.5, 0.6) is 0 Å². The molecule has 0 bridgehead atoms. The molecule has 3 atom stereocenters. The highest BCUT2D eigenvalue weighted by Crippen LogP contribution is 2.39. The van der Waals surface area contributed by atoms with Crippen LogP contribution in [-0.2, 0) is 6.54 Å². The van der Waals surface area contributed by atoms with E-state index < -0.39 is 0 Å². The average Bonchev–Trinajstić information content (AvgIpc) is 3.12. The molecule has 2 fully saturated rings. The maximum absolute atomic E-state index is 13.0. The quantitative estimate of drug-likeness (QED) is 0.797. The lowest BCUT2D eigenvalue weighted by molar-refractivity contribution is 0.0770. The zero-order chi connectivity index (χ0) is 18.8. The van der Waals surface area contributed by atoms with Gasteiger partial charge in [-0.05, 0) is 67.6 Å². The molecular weight excluding hydrogens is 358 g/mol. The fraction of sp³-hybridized carbons (Fsp3) is 0.455. The van der Waals surface area contributed by atoms with Crippen molar-refractivity contribution in [1.82, 2.24) is 14.8 Å². The standard InChI is InChI=1S/C22H26ClN3O/c1-25(13-16-8-10-24-11-9-16)21-7-3-5-18-14-26(15-20(18)21)22(27)17-4-2-6-19(23)12-17/h2,4,6,8-12,18,20-21H,3,5,7,13-15H2,1H3. The van der Waals surface area contributed by atoms with Gasteiger partial charge in [-0.2, -0.15) is 0 Å². The summed E-state index contributed by atoms with van der Waals surface area (Å²) in [5.41, 5.74) is 1.99. The predicted molar refractivity (Wildman–Crippen MR) is 108 cm³/mol. The maximum Gasteiger partial charge on any atom is 0.253 e. The van der Waals surface area contributed by atoms with Crippen molar-refractivity contribution in [2.75, 3.05) is 20.1 Å². The summed E-state index contributed by atoms with van der Waals surface area (Å²) >= 11 is 6.08. The molecule has 0 N–H and O–H groups in total. The Bertz CT molecular complexity index is 797. The number of benzene rings is 1. The van der Waals surface area contributed by atoms with Crippen LogP contribution >= 0.6 is 11.6 Å². The lowest BCUT2D eigenvalue weighted by Crippen LogP contribution is -2.43. The first-order valence-electron chi connectivity index (χ1n) is 9.76. The van der Waals surface area contributed by atoms with Crippen molar-refractivity contribution in [3.63, 3.8) is 0 Å². The maximum atomic E-state index is 13.0. The number of halogens is 1. The van der Waals surface area contributed by atoms with Gasteiger partial charge in [0, 0.05) is 48.7 Å². The Morgan fingerprint density at radius 3 is 2.81 bits per heavy atom. The topological polar surface area (TPSA) is 36.4 Å². The van der Waals surface area contributed by atoms with E-state index in [1.54, 1.807) is 6.07 Å². The number of carbonyl (C=O) groups excluding carboxylic acids is 1. The predicted octanol–water partition coefficient (Wildman–Crippen LogP) is 4.11. The molecule has 1 aromatic carbocycles. The Hall–Kier alpha value is -1.91. The first kappa shape index (κ1) is 18.5. The van der Waals surface area contributed by atoms with Crippen LogP contribution in [0, 0.1) is 11.8 Å². The van der Waals surface area contributed by atoms with Crippen molar-refractivity contribution in [3.05, 3.63) is 64.9 Å². The van der Waals surface area contributed by atoms with Crippen molar-refractivity contribution in [2.24, 2.45) is 11.8 Å². The molecule has 27 heavy (non-hydrogen) atoms. The number of rotatable bonds is 4. The molecule has 0 spiro atoms. The van der Waals surface area contributed by atoms with E-state index in [4.69, 9.17) is 11.6 Å². The number of pyridine rings is 1. The molecule has 1 saturated heterocycles. The molecule has 3 unspecified atom stereocenters. The van der Waals surface area contributed by atoms with E-state index in [-0.39, 0.29) is 5.91 Å². The smallest absolute Gasteiger partial charge is 0.253 e. The van der Waals surface area contributed by atoms with Gasteiger partial charge in [0.2, 0.25) is 0 Å². The minimum atomic E-state index is 0.113. The lowest BCUT2D eigenvalue weighted by Gasteiger charge is -2.39. The Labute approximate surface area is 166 Å². The van der Waals surface area contributed by atoms with Crippen LogP contribution in [-0.4, -0.2) is 46.9 Å². The van der Waals surface area contributed by atoms with Crippen LogP contribution in [0.15, 0.2) is 48.8 Å². The summed E-state index contributed by atoms with van der Waals surface area (Å²) in [6.45, 7) is 2.65. The summed E-state index contributed by atoms with van der Waals surface area (Å²) in [5.74, 6) is 1.27. The number of aromatic nitrogens is 1. The van der Waals surface area contributed by atoms with Crippen molar-refractivity contribution in [3.8, 4) is 0 Å². The first-order valence-corrected chi connectivity index (χ1v) is 10.1. The van der Waals surface area contributed by atoms with Crippen LogP contribution in [0.4, 0.5) is 0 Å². The Morgan fingerprint density at radius 2 is 2.04 bits per heavy atom. The van der Waals surface area contributed by atoms with Crippen LogP contribution in [0.2, 0.25) is 5.02 Å². The van der Waals surface area contributed by atoms with Gasteiger partial charge in [0.25, 0.3) is 5.91 Å². The number of nitrogens with zero attached hydrogens (tertiary/aromatic N) is 3. The van der Waals surface area contributed by atoms with Gasteiger partial charge in [-0.25, -0.2) is 0 Å². The van der Waals surface area contributed by atoms with Gasteiger partial charge in [-0.1, -0.05) is 24.1 Å². The van der Waals surface area contributed by atoms with Crippen molar-refractivity contribution < 1.29 is 4.79 Å². The molecule has 1 aliphatic heterocycles. The molecule has 1 aromatic heterocycles. The minimum absolute atomic E-state index is 0.113. The normalized spacial score (nSPS) is 24.9. The van der Waals surface area contributed by atoms with E-state index in [1.807, 2.05) is 35.5 Å². The molecule has 2 aromatic rings. The third kappa shape index (κ3) is 4.02. The Kier molecular flexibility index (Phi) is 5.46. The molecule has 2 aliphatic rings. The summed E-state index contributed by atoms with van der Waals surface area (Å²) in [5, 5.41) is 0.618. The van der Waals surface area contributed by atoms with E-state index >= 15 is 0 Å².